The third-order valence-electron chi connectivity index (χ3n) is 2.69. The predicted molar refractivity (Wildman–Crippen MR) is 60.4 cm³/mol. The molecule has 2 rings (SSSR count). The minimum Gasteiger partial charge on any atom is -0.384 e. The quantitative estimate of drug-likeness (QED) is 0.714. The molecule has 0 spiro atoms. The zero-order valence-electron chi connectivity index (χ0n) is 8.29. The van der Waals surface area contributed by atoms with Gasteiger partial charge in [-0.05, 0) is 30.0 Å². The van der Waals surface area contributed by atoms with Crippen LogP contribution in [-0.2, 0) is 6.42 Å². The second-order valence-electron chi connectivity index (χ2n) is 3.72. The Morgan fingerprint density at radius 2 is 2.43 bits per heavy atom. The van der Waals surface area contributed by atoms with Gasteiger partial charge in [-0.15, -0.1) is 6.58 Å². The molecule has 0 aromatic heterocycles. The maximum absolute atomic E-state index is 6.01. The summed E-state index contributed by atoms with van der Waals surface area (Å²) in [6.45, 7) is 4.76. The molecule has 1 atom stereocenters. The number of anilines is 1. The first kappa shape index (κ1) is 9.28. The monoisotopic (exact) mass is 188 g/mol. The molecule has 74 valence electrons. The van der Waals surface area contributed by atoms with E-state index in [0.717, 1.165) is 19.4 Å². The van der Waals surface area contributed by atoms with Crippen LogP contribution in [0.5, 0.6) is 0 Å². The number of fused-ring (bicyclic) bond motifs is 1. The van der Waals surface area contributed by atoms with Crippen molar-refractivity contribution in [2.24, 2.45) is 5.73 Å². The zero-order chi connectivity index (χ0) is 9.97. The molecule has 1 heterocycles. The second-order valence-corrected chi connectivity index (χ2v) is 3.72. The molecular formula is C12H16N2. The molecule has 2 heteroatoms. The summed E-state index contributed by atoms with van der Waals surface area (Å²) in [6.07, 6.45) is 3.83. The Morgan fingerprint density at radius 3 is 3.21 bits per heavy atom. The number of benzene rings is 1. The van der Waals surface area contributed by atoms with Gasteiger partial charge in [-0.3, -0.25) is 0 Å². The highest BCUT2D eigenvalue weighted by molar-refractivity contribution is 5.56. The molecule has 0 amide bonds. The molecule has 14 heavy (non-hydrogen) atoms. The van der Waals surface area contributed by atoms with Gasteiger partial charge in [-0.25, -0.2) is 0 Å². The van der Waals surface area contributed by atoms with E-state index in [1.54, 1.807) is 0 Å². The molecule has 2 nitrogen and oxygen atoms in total. The van der Waals surface area contributed by atoms with Gasteiger partial charge < -0.3 is 11.1 Å². The van der Waals surface area contributed by atoms with Gasteiger partial charge in [0.05, 0.1) is 0 Å². The summed E-state index contributed by atoms with van der Waals surface area (Å²) >= 11 is 0. The van der Waals surface area contributed by atoms with Gasteiger partial charge in [-0.1, -0.05) is 18.2 Å². The Morgan fingerprint density at radius 1 is 1.57 bits per heavy atom. The summed E-state index contributed by atoms with van der Waals surface area (Å²) in [4.78, 5) is 0. The lowest BCUT2D eigenvalue weighted by Gasteiger charge is -2.10. The summed E-state index contributed by atoms with van der Waals surface area (Å²) in [7, 11) is 0. The molecule has 1 aromatic carbocycles. The van der Waals surface area contributed by atoms with E-state index < -0.39 is 0 Å². The van der Waals surface area contributed by atoms with E-state index in [-0.39, 0.29) is 6.04 Å². The third kappa shape index (κ3) is 1.66. The van der Waals surface area contributed by atoms with E-state index in [2.05, 4.69) is 30.1 Å². The normalized spacial score (nSPS) is 15.8. The molecule has 0 unspecified atom stereocenters. The van der Waals surface area contributed by atoms with Crippen LogP contribution in [0.3, 0.4) is 0 Å². The fraction of sp³-hybridized carbons (Fsp3) is 0.333. The summed E-state index contributed by atoms with van der Waals surface area (Å²) in [5.74, 6) is 0. The van der Waals surface area contributed by atoms with Crippen molar-refractivity contribution in [3.05, 3.63) is 42.0 Å². The van der Waals surface area contributed by atoms with E-state index in [1.807, 2.05) is 6.08 Å². The van der Waals surface area contributed by atoms with Gasteiger partial charge in [0.1, 0.15) is 0 Å². The standard InChI is InChI=1S/C12H16N2/c1-2-3-11(13)9-4-5-12-10(8-9)6-7-14-12/h2,4-5,8,11,14H,1,3,6-7,13H2/t11-/m0/s1. The Balaban J connectivity index is 2.23. The lowest BCUT2D eigenvalue weighted by Crippen LogP contribution is -2.09. The Hall–Kier alpha value is -1.28. The minimum atomic E-state index is 0.0957. The molecule has 1 aliphatic heterocycles. The fourth-order valence-corrected chi connectivity index (χ4v) is 1.87. The van der Waals surface area contributed by atoms with E-state index in [0.29, 0.717) is 0 Å². The van der Waals surface area contributed by atoms with Crippen LogP contribution in [0.2, 0.25) is 0 Å². The maximum Gasteiger partial charge on any atom is 0.0373 e. The number of nitrogens with two attached hydrogens (primary N) is 1. The molecule has 0 aliphatic carbocycles. The molecule has 0 fully saturated rings. The highest BCUT2D eigenvalue weighted by Crippen LogP contribution is 2.26. The molecule has 3 N–H and O–H groups in total. The minimum absolute atomic E-state index is 0.0957. The summed E-state index contributed by atoms with van der Waals surface area (Å²) in [5, 5.41) is 3.34. The first-order chi connectivity index (χ1) is 6.81. The van der Waals surface area contributed by atoms with Crippen molar-refractivity contribution in [2.45, 2.75) is 18.9 Å². The van der Waals surface area contributed by atoms with E-state index in [4.69, 9.17) is 5.73 Å². The third-order valence-corrected chi connectivity index (χ3v) is 2.69. The van der Waals surface area contributed by atoms with Gasteiger partial charge in [0.15, 0.2) is 0 Å². The van der Waals surface area contributed by atoms with Crippen LogP contribution in [0.15, 0.2) is 30.9 Å². The van der Waals surface area contributed by atoms with E-state index in [1.165, 1.54) is 16.8 Å². The van der Waals surface area contributed by atoms with Crippen LogP contribution < -0.4 is 11.1 Å². The number of hydrogen-bond donors (Lipinski definition) is 2. The summed E-state index contributed by atoms with van der Waals surface area (Å²) < 4.78 is 0. The second kappa shape index (κ2) is 3.84. The molecular weight excluding hydrogens is 172 g/mol. The van der Waals surface area contributed by atoms with Gasteiger partial charge in [-0.2, -0.15) is 0 Å². The van der Waals surface area contributed by atoms with E-state index in [9.17, 15) is 0 Å². The Labute approximate surface area is 84.8 Å². The first-order valence-electron chi connectivity index (χ1n) is 5.04. The van der Waals surface area contributed by atoms with Crippen LogP contribution in [0.1, 0.15) is 23.6 Å². The smallest absolute Gasteiger partial charge is 0.0373 e. The first-order valence-corrected chi connectivity index (χ1v) is 5.04. The van der Waals surface area contributed by atoms with Crippen molar-refractivity contribution in [3.8, 4) is 0 Å². The van der Waals surface area contributed by atoms with Crippen molar-refractivity contribution < 1.29 is 0 Å². The van der Waals surface area contributed by atoms with Crippen LogP contribution in [0.25, 0.3) is 0 Å². The van der Waals surface area contributed by atoms with Crippen molar-refractivity contribution in [3.63, 3.8) is 0 Å². The summed E-state index contributed by atoms with van der Waals surface area (Å²) in [5.41, 5.74) is 9.88. The number of hydrogen-bond acceptors (Lipinski definition) is 2. The highest BCUT2D eigenvalue weighted by Gasteiger charge is 2.12. The molecule has 0 radical (unpaired) electrons. The lowest BCUT2D eigenvalue weighted by molar-refractivity contribution is 0.741. The fourth-order valence-electron chi connectivity index (χ4n) is 1.87. The van der Waals surface area contributed by atoms with Crippen molar-refractivity contribution in [1.29, 1.82) is 0 Å². The van der Waals surface area contributed by atoms with Gasteiger partial charge in [0, 0.05) is 18.3 Å². The largest absolute Gasteiger partial charge is 0.384 e. The Kier molecular flexibility index (Phi) is 2.55. The Bertz CT molecular complexity index is 344. The average molecular weight is 188 g/mol. The lowest BCUT2D eigenvalue weighted by atomic mass is 10.0. The molecule has 1 aliphatic rings. The van der Waals surface area contributed by atoms with Gasteiger partial charge in [0.25, 0.3) is 0 Å². The molecule has 0 saturated carbocycles. The highest BCUT2D eigenvalue weighted by atomic mass is 14.9. The van der Waals surface area contributed by atoms with Crippen LogP contribution in [-0.4, -0.2) is 6.54 Å². The van der Waals surface area contributed by atoms with Gasteiger partial charge >= 0.3 is 0 Å². The molecule has 1 aromatic rings. The molecule has 0 bridgehead atoms. The van der Waals surface area contributed by atoms with Crippen LogP contribution >= 0.6 is 0 Å². The zero-order valence-corrected chi connectivity index (χ0v) is 8.29. The number of nitrogens with one attached hydrogen (secondary N) is 1. The SMILES string of the molecule is C=CC[C@H](N)c1ccc2c(c1)CCN2. The average Bonchev–Trinajstić information content (AvgIpc) is 2.64. The number of rotatable bonds is 3. The van der Waals surface area contributed by atoms with Crippen LogP contribution in [0.4, 0.5) is 5.69 Å². The van der Waals surface area contributed by atoms with Crippen molar-refractivity contribution >= 4 is 5.69 Å². The molecule has 0 saturated heterocycles. The summed E-state index contributed by atoms with van der Waals surface area (Å²) in [6, 6.07) is 6.54. The van der Waals surface area contributed by atoms with Crippen molar-refractivity contribution in [2.75, 3.05) is 11.9 Å². The van der Waals surface area contributed by atoms with Crippen molar-refractivity contribution in [1.82, 2.24) is 0 Å². The van der Waals surface area contributed by atoms with E-state index >= 15 is 0 Å². The van der Waals surface area contributed by atoms with Gasteiger partial charge in [0.2, 0.25) is 0 Å². The predicted octanol–water partition coefficient (Wildman–Crippen LogP) is 2.23. The maximum atomic E-state index is 6.01. The van der Waals surface area contributed by atoms with Crippen LogP contribution in [0, 0.1) is 0 Å². The topological polar surface area (TPSA) is 38.0 Å².